The summed E-state index contributed by atoms with van der Waals surface area (Å²) in [5, 5.41) is 14.4. The molecule has 2 aromatic heterocycles. The molecule has 1 aliphatic carbocycles. The summed E-state index contributed by atoms with van der Waals surface area (Å²) in [6.07, 6.45) is 8.50. The summed E-state index contributed by atoms with van der Waals surface area (Å²) in [7, 11) is 1.83. The monoisotopic (exact) mass is 288 g/mol. The van der Waals surface area contributed by atoms with Gasteiger partial charge in [-0.25, -0.2) is 0 Å². The summed E-state index contributed by atoms with van der Waals surface area (Å²) in [6, 6.07) is 0. The van der Waals surface area contributed by atoms with E-state index in [1.54, 1.807) is 6.20 Å². The van der Waals surface area contributed by atoms with Crippen LogP contribution in [0.4, 0.5) is 11.8 Å². The molecule has 114 valence electrons. The normalized spacial score (nSPS) is 22.4. The van der Waals surface area contributed by atoms with E-state index in [0.717, 1.165) is 35.2 Å². The molecule has 0 unspecified atom stereocenters. The highest BCUT2D eigenvalue weighted by Crippen LogP contribution is 2.31. The van der Waals surface area contributed by atoms with Gasteiger partial charge in [0, 0.05) is 13.6 Å². The Morgan fingerprint density at radius 3 is 2.67 bits per heavy atom. The van der Waals surface area contributed by atoms with E-state index in [0.29, 0.717) is 5.95 Å². The third-order valence-corrected chi connectivity index (χ3v) is 4.64. The van der Waals surface area contributed by atoms with Crippen molar-refractivity contribution in [1.82, 2.24) is 20.2 Å². The predicted octanol–water partition coefficient (Wildman–Crippen LogP) is 3.02. The van der Waals surface area contributed by atoms with Crippen LogP contribution in [-0.4, -0.2) is 33.8 Å². The van der Waals surface area contributed by atoms with Crippen LogP contribution in [0.2, 0.25) is 0 Å². The summed E-state index contributed by atoms with van der Waals surface area (Å²) >= 11 is 0. The number of H-pyrrole nitrogens is 1. The molecule has 0 radical (unpaired) electrons. The Balaban J connectivity index is 1.66. The number of nitrogens with zero attached hydrogens (tertiary/aromatic N) is 3. The van der Waals surface area contributed by atoms with Crippen molar-refractivity contribution in [3.63, 3.8) is 0 Å². The molecule has 6 heteroatoms. The topological polar surface area (TPSA) is 78.5 Å². The third-order valence-electron chi connectivity index (χ3n) is 4.64. The molecule has 6 nitrogen and oxygen atoms in total. The Hall–Kier alpha value is -1.85. The van der Waals surface area contributed by atoms with Crippen LogP contribution in [-0.2, 0) is 0 Å². The Morgan fingerprint density at radius 1 is 1.19 bits per heavy atom. The molecule has 3 N–H and O–H groups in total. The summed E-state index contributed by atoms with van der Waals surface area (Å²) in [6.45, 7) is 3.29. The number of anilines is 2. The lowest BCUT2D eigenvalue weighted by Crippen LogP contribution is -2.21. The molecule has 0 atom stereocenters. The van der Waals surface area contributed by atoms with E-state index >= 15 is 0 Å². The molecule has 0 amide bonds. The lowest BCUT2D eigenvalue weighted by atomic mass is 9.81. The molecule has 2 heterocycles. The number of fused-ring (bicyclic) bond motifs is 1. The van der Waals surface area contributed by atoms with E-state index in [4.69, 9.17) is 0 Å². The van der Waals surface area contributed by atoms with Gasteiger partial charge in [0.25, 0.3) is 0 Å². The summed E-state index contributed by atoms with van der Waals surface area (Å²) in [5.41, 5.74) is 0.770. The number of aromatic nitrogens is 4. The molecule has 1 saturated carbocycles. The third kappa shape index (κ3) is 3.09. The maximum absolute atomic E-state index is 4.51. The summed E-state index contributed by atoms with van der Waals surface area (Å²) in [5.74, 6) is 3.18. The first kappa shape index (κ1) is 14.1. The van der Waals surface area contributed by atoms with E-state index in [1.165, 1.54) is 32.1 Å². The van der Waals surface area contributed by atoms with Crippen LogP contribution in [0.1, 0.15) is 39.0 Å². The first-order valence-electron chi connectivity index (χ1n) is 7.93. The van der Waals surface area contributed by atoms with Gasteiger partial charge >= 0.3 is 0 Å². The molecule has 0 aliphatic heterocycles. The minimum absolute atomic E-state index is 0.615. The molecule has 0 aromatic carbocycles. The maximum Gasteiger partial charge on any atom is 0.226 e. The molecule has 0 saturated heterocycles. The first-order chi connectivity index (χ1) is 10.3. The van der Waals surface area contributed by atoms with Gasteiger partial charge in [0.2, 0.25) is 5.95 Å². The van der Waals surface area contributed by atoms with E-state index in [9.17, 15) is 0 Å². The average Bonchev–Trinajstić information content (AvgIpc) is 3.01. The molecule has 0 spiro atoms. The molecule has 21 heavy (non-hydrogen) atoms. The summed E-state index contributed by atoms with van der Waals surface area (Å²) in [4.78, 5) is 8.86. The zero-order valence-electron chi connectivity index (χ0n) is 12.8. The highest BCUT2D eigenvalue weighted by molar-refractivity contribution is 5.86. The van der Waals surface area contributed by atoms with Gasteiger partial charge in [-0.05, 0) is 24.7 Å². The molecule has 0 bridgehead atoms. The van der Waals surface area contributed by atoms with Crippen molar-refractivity contribution in [2.24, 2.45) is 11.8 Å². The van der Waals surface area contributed by atoms with Crippen LogP contribution in [0.3, 0.4) is 0 Å². The van der Waals surface area contributed by atoms with Gasteiger partial charge in [0.1, 0.15) is 5.82 Å². The highest BCUT2D eigenvalue weighted by Gasteiger charge is 2.20. The van der Waals surface area contributed by atoms with Crippen molar-refractivity contribution in [3.8, 4) is 0 Å². The van der Waals surface area contributed by atoms with Gasteiger partial charge in [0.15, 0.2) is 5.65 Å². The van der Waals surface area contributed by atoms with Gasteiger partial charge in [-0.15, -0.1) is 0 Å². The van der Waals surface area contributed by atoms with E-state index in [-0.39, 0.29) is 0 Å². The molecular weight excluding hydrogens is 264 g/mol. The van der Waals surface area contributed by atoms with Crippen molar-refractivity contribution in [3.05, 3.63) is 6.20 Å². The van der Waals surface area contributed by atoms with Crippen molar-refractivity contribution in [2.45, 2.75) is 39.0 Å². The lowest BCUT2D eigenvalue weighted by molar-refractivity contribution is 0.278. The highest BCUT2D eigenvalue weighted by atomic mass is 15.2. The second-order valence-electron chi connectivity index (χ2n) is 5.95. The van der Waals surface area contributed by atoms with Crippen LogP contribution >= 0.6 is 0 Å². The zero-order valence-corrected chi connectivity index (χ0v) is 12.8. The fourth-order valence-electron chi connectivity index (χ4n) is 3.17. The smallest absolute Gasteiger partial charge is 0.226 e. The average molecular weight is 288 g/mol. The molecule has 2 aromatic rings. The first-order valence-corrected chi connectivity index (χ1v) is 7.93. The van der Waals surface area contributed by atoms with Gasteiger partial charge in [-0.2, -0.15) is 15.1 Å². The Kier molecular flexibility index (Phi) is 4.22. The van der Waals surface area contributed by atoms with Crippen molar-refractivity contribution in [1.29, 1.82) is 0 Å². The molecule has 1 fully saturated rings. The predicted molar refractivity (Wildman–Crippen MR) is 85.5 cm³/mol. The molecule has 1 aliphatic rings. The summed E-state index contributed by atoms with van der Waals surface area (Å²) < 4.78 is 0. The van der Waals surface area contributed by atoms with Crippen LogP contribution < -0.4 is 10.6 Å². The van der Waals surface area contributed by atoms with Crippen molar-refractivity contribution >= 4 is 22.8 Å². The fourth-order valence-corrected chi connectivity index (χ4v) is 3.17. The minimum Gasteiger partial charge on any atom is -0.369 e. The largest absolute Gasteiger partial charge is 0.369 e. The lowest BCUT2D eigenvalue weighted by Gasteiger charge is -2.28. The van der Waals surface area contributed by atoms with Crippen molar-refractivity contribution in [2.75, 3.05) is 24.2 Å². The van der Waals surface area contributed by atoms with E-state index in [2.05, 4.69) is 37.7 Å². The standard InChI is InChI=1S/C15H24N6/c1-3-10-4-6-11(7-5-10)8-17-13-12-9-18-21-14(12)20-15(16-2)19-13/h9-11H,3-8H2,1-2H3,(H3,16,17,18,19,20,21). The second kappa shape index (κ2) is 6.28. The quantitative estimate of drug-likeness (QED) is 0.788. The molecular formula is C15H24N6. The number of hydrogen-bond acceptors (Lipinski definition) is 5. The fraction of sp³-hybridized carbons (Fsp3) is 0.667. The van der Waals surface area contributed by atoms with Gasteiger partial charge < -0.3 is 10.6 Å². The van der Waals surface area contributed by atoms with E-state index < -0.39 is 0 Å². The van der Waals surface area contributed by atoms with Gasteiger partial charge in [-0.3, -0.25) is 5.10 Å². The SMILES string of the molecule is CCC1CCC(CNc2nc(NC)nc3[nH]ncc23)CC1. The number of nitrogens with one attached hydrogen (secondary N) is 3. The zero-order chi connectivity index (χ0) is 14.7. The van der Waals surface area contributed by atoms with Crippen LogP contribution in [0.15, 0.2) is 6.20 Å². The number of rotatable bonds is 5. The van der Waals surface area contributed by atoms with Crippen LogP contribution in [0.5, 0.6) is 0 Å². The van der Waals surface area contributed by atoms with Crippen LogP contribution in [0, 0.1) is 11.8 Å². The Morgan fingerprint density at radius 2 is 1.95 bits per heavy atom. The van der Waals surface area contributed by atoms with E-state index in [1.807, 2.05) is 7.05 Å². The minimum atomic E-state index is 0.615. The Labute approximate surface area is 125 Å². The molecule has 3 rings (SSSR count). The van der Waals surface area contributed by atoms with Crippen LogP contribution in [0.25, 0.3) is 11.0 Å². The maximum atomic E-state index is 4.51. The number of hydrogen-bond donors (Lipinski definition) is 3. The van der Waals surface area contributed by atoms with Crippen molar-refractivity contribution < 1.29 is 0 Å². The number of aromatic amines is 1. The van der Waals surface area contributed by atoms with Gasteiger partial charge in [-0.1, -0.05) is 26.2 Å². The second-order valence-corrected chi connectivity index (χ2v) is 5.95. The van der Waals surface area contributed by atoms with Gasteiger partial charge in [0.05, 0.1) is 11.6 Å². The Bertz CT molecular complexity index is 585.